The average molecular weight is 217 g/mol. The summed E-state index contributed by atoms with van der Waals surface area (Å²) in [5.41, 5.74) is 11.0. The van der Waals surface area contributed by atoms with Crippen molar-refractivity contribution in [2.24, 2.45) is 5.73 Å². The molecule has 0 radical (unpaired) electrons. The van der Waals surface area contributed by atoms with Crippen LogP contribution in [0.4, 0.5) is 0 Å². The molecule has 78 valence electrons. The van der Waals surface area contributed by atoms with E-state index < -0.39 is 0 Å². The largest absolute Gasteiger partial charge is 0.326 e. The van der Waals surface area contributed by atoms with E-state index in [0.717, 1.165) is 0 Å². The van der Waals surface area contributed by atoms with E-state index in [2.05, 4.69) is 43.5 Å². The van der Waals surface area contributed by atoms with Crippen molar-refractivity contribution in [1.82, 2.24) is 0 Å². The van der Waals surface area contributed by atoms with Crippen molar-refractivity contribution in [2.45, 2.75) is 20.4 Å². The van der Waals surface area contributed by atoms with Crippen molar-refractivity contribution in [3.63, 3.8) is 0 Å². The molecule has 2 N–H and O–H groups in total. The van der Waals surface area contributed by atoms with Gasteiger partial charge in [-0.15, -0.1) is 11.3 Å². The van der Waals surface area contributed by atoms with E-state index in [-0.39, 0.29) is 0 Å². The first-order valence-corrected chi connectivity index (χ1v) is 5.94. The highest BCUT2D eigenvalue weighted by molar-refractivity contribution is 7.10. The normalized spacial score (nSPS) is 10.6. The van der Waals surface area contributed by atoms with Crippen molar-refractivity contribution in [3.8, 4) is 11.1 Å². The van der Waals surface area contributed by atoms with Crippen LogP contribution in [0.3, 0.4) is 0 Å². The highest BCUT2D eigenvalue weighted by Gasteiger charge is 2.07. The Morgan fingerprint density at radius 2 is 1.93 bits per heavy atom. The van der Waals surface area contributed by atoms with Gasteiger partial charge in [-0.1, -0.05) is 23.8 Å². The summed E-state index contributed by atoms with van der Waals surface area (Å²) in [5.74, 6) is 0. The van der Waals surface area contributed by atoms with Crippen LogP contribution in [0.25, 0.3) is 11.1 Å². The Kier molecular flexibility index (Phi) is 2.89. The van der Waals surface area contributed by atoms with E-state index in [1.54, 1.807) is 11.3 Å². The molecule has 0 saturated heterocycles. The second-order valence-electron chi connectivity index (χ2n) is 3.78. The number of rotatable bonds is 2. The van der Waals surface area contributed by atoms with Gasteiger partial charge in [-0.3, -0.25) is 0 Å². The molecule has 2 heteroatoms. The number of hydrogen-bond acceptors (Lipinski definition) is 2. The molecule has 15 heavy (non-hydrogen) atoms. The predicted molar refractivity (Wildman–Crippen MR) is 67.1 cm³/mol. The molecule has 1 aromatic carbocycles. The summed E-state index contributed by atoms with van der Waals surface area (Å²) in [6.45, 7) is 4.89. The van der Waals surface area contributed by atoms with Crippen molar-refractivity contribution >= 4 is 11.3 Å². The van der Waals surface area contributed by atoms with E-state index in [1.165, 1.54) is 27.1 Å². The summed E-state index contributed by atoms with van der Waals surface area (Å²) in [5, 5.41) is 2.11. The lowest BCUT2D eigenvalue weighted by atomic mass is 9.99. The van der Waals surface area contributed by atoms with Crippen LogP contribution in [0.15, 0.2) is 29.6 Å². The maximum atomic E-state index is 5.73. The van der Waals surface area contributed by atoms with Gasteiger partial charge in [0.05, 0.1) is 0 Å². The molecule has 0 aliphatic carbocycles. The first kappa shape index (κ1) is 10.4. The third-order valence-electron chi connectivity index (χ3n) is 2.61. The van der Waals surface area contributed by atoms with Crippen LogP contribution in [0.5, 0.6) is 0 Å². The van der Waals surface area contributed by atoms with Crippen molar-refractivity contribution in [1.29, 1.82) is 0 Å². The van der Waals surface area contributed by atoms with Crippen LogP contribution in [0.2, 0.25) is 0 Å². The molecule has 0 aliphatic rings. The lowest BCUT2D eigenvalue weighted by Crippen LogP contribution is -1.95. The van der Waals surface area contributed by atoms with E-state index in [4.69, 9.17) is 5.73 Å². The Balaban J connectivity index is 2.58. The van der Waals surface area contributed by atoms with Gasteiger partial charge in [-0.2, -0.15) is 0 Å². The van der Waals surface area contributed by atoms with Crippen LogP contribution < -0.4 is 5.73 Å². The van der Waals surface area contributed by atoms with Gasteiger partial charge in [0, 0.05) is 11.4 Å². The van der Waals surface area contributed by atoms with Gasteiger partial charge < -0.3 is 5.73 Å². The van der Waals surface area contributed by atoms with Crippen LogP contribution in [0, 0.1) is 13.8 Å². The molecule has 0 atom stereocenters. The minimum absolute atomic E-state index is 0.625. The van der Waals surface area contributed by atoms with Gasteiger partial charge in [0.15, 0.2) is 0 Å². The van der Waals surface area contributed by atoms with Crippen molar-refractivity contribution < 1.29 is 0 Å². The quantitative estimate of drug-likeness (QED) is 0.818. The fourth-order valence-corrected chi connectivity index (χ4v) is 2.53. The molecule has 0 saturated carbocycles. The van der Waals surface area contributed by atoms with Crippen LogP contribution in [-0.2, 0) is 6.54 Å². The maximum absolute atomic E-state index is 5.73. The van der Waals surface area contributed by atoms with Crippen molar-refractivity contribution in [2.75, 3.05) is 0 Å². The van der Waals surface area contributed by atoms with Crippen LogP contribution >= 0.6 is 11.3 Å². The third kappa shape index (κ3) is 1.96. The number of thiophene rings is 1. The molecule has 2 aromatic rings. The second-order valence-corrected chi connectivity index (χ2v) is 4.78. The lowest BCUT2D eigenvalue weighted by molar-refractivity contribution is 1.11. The Hall–Kier alpha value is -1.12. The SMILES string of the molecule is Cc1ccc(C)c(-c2ccsc2CN)c1. The topological polar surface area (TPSA) is 26.0 Å². The zero-order chi connectivity index (χ0) is 10.8. The van der Waals surface area contributed by atoms with Gasteiger partial charge >= 0.3 is 0 Å². The van der Waals surface area contributed by atoms with Gasteiger partial charge in [0.1, 0.15) is 0 Å². The first-order valence-electron chi connectivity index (χ1n) is 5.06. The summed E-state index contributed by atoms with van der Waals surface area (Å²) in [4.78, 5) is 1.27. The van der Waals surface area contributed by atoms with Crippen LogP contribution in [0.1, 0.15) is 16.0 Å². The van der Waals surface area contributed by atoms with E-state index >= 15 is 0 Å². The third-order valence-corrected chi connectivity index (χ3v) is 3.56. The number of nitrogens with two attached hydrogens (primary N) is 1. The summed E-state index contributed by atoms with van der Waals surface area (Å²) < 4.78 is 0. The van der Waals surface area contributed by atoms with E-state index in [1.807, 2.05) is 0 Å². The maximum Gasteiger partial charge on any atom is 0.0280 e. The molecular weight excluding hydrogens is 202 g/mol. The monoisotopic (exact) mass is 217 g/mol. The molecular formula is C13H15NS. The number of hydrogen-bond donors (Lipinski definition) is 1. The smallest absolute Gasteiger partial charge is 0.0280 e. The standard InChI is InChI=1S/C13H15NS/c1-9-3-4-10(2)12(7-9)11-5-6-15-13(11)8-14/h3-7H,8,14H2,1-2H3. The predicted octanol–water partition coefficient (Wildman–Crippen LogP) is 3.49. The summed E-state index contributed by atoms with van der Waals surface area (Å²) in [6, 6.07) is 8.71. The van der Waals surface area contributed by atoms with Crippen LogP contribution in [-0.4, -0.2) is 0 Å². The highest BCUT2D eigenvalue weighted by Crippen LogP contribution is 2.30. The molecule has 1 aromatic heterocycles. The summed E-state index contributed by atoms with van der Waals surface area (Å²) in [7, 11) is 0. The Morgan fingerprint density at radius 1 is 1.13 bits per heavy atom. The average Bonchev–Trinajstić information content (AvgIpc) is 2.69. The number of aryl methyl sites for hydroxylation is 2. The van der Waals surface area contributed by atoms with E-state index in [0.29, 0.717) is 6.54 Å². The molecule has 2 rings (SSSR count). The molecule has 0 aliphatic heterocycles. The fraction of sp³-hybridized carbons (Fsp3) is 0.231. The van der Waals surface area contributed by atoms with Crippen molar-refractivity contribution in [3.05, 3.63) is 45.6 Å². The minimum Gasteiger partial charge on any atom is -0.326 e. The molecule has 0 spiro atoms. The molecule has 1 heterocycles. The molecule has 1 nitrogen and oxygen atoms in total. The zero-order valence-corrected chi connectivity index (χ0v) is 9.90. The summed E-state index contributed by atoms with van der Waals surface area (Å²) >= 11 is 1.73. The Morgan fingerprint density at radius 3 is 2.67 bits per heavy atom. The second kappa shape index (κ2) is 4.17. The summed E-state index contributed by atoms with van der Waals surface area (Å²) in [6.07, 6.45) is 0. The Bertz CT molecular complexity index is 471. The minimum atomic E-state index is 0.625. The highest BCUT2D eigenvalue weighted by atomic mass is 32.1. The molecule has 0 fully saturated rings. The van der Waals surface area contributed by atoms with E-state index in [9.17, 15) is 0 Å². The van der Waals surface area contributed by atoms with Gasteiger partial charge in [-0.25, -0.2) is 0 Å². The van der Waals surface area contributed by atoms with Gasteiger partial charge in [-0.05, 0) is 42.0 Å². The molecule has 0 unspecified atom stereocenters. The Labute approximate surface area is 94.6 Å². The molecule has 0 amide bonds. The zero-order valence-electron chi connectivity index (χ0n) is 9.08. The lowest BCUT2D eigenvalue weighted by Gasteiger charge is -2.07. The fourth-order valence-electron chi connectivity index (χ4n) is 1.76. The van der Waals surface area contributed by atoms with Gasteiger partial charge in [0.25, 0.3) is 0 Å². The first-order chi connectivity index (χ1) is 7.22. The van der Waals surface area contributed by atoms with Gasteiger partial charge in [0.2, 0.25) is 0 Å². The molecule has 0 bridgehead atoms. The number of benzene rings is 1.